The fourth-order valence-electron chi connectivity index (χ4n) is 2.29. The minimum absolute atomic E-state index is 0.181. The van der Waals surface area contributed by atoms with Crippen LogP contribution in [0.15, 0.2) is 0 Å². The number of nitrogens with one attached hydrogen (secondary N) is 1. The van der Waals surface area contributed by atoms with Crippen molar-refractivity contribution in [1.82, 2.24) is 5.32 Å². The molecule has 1 aliphatic carbocycles. The Morgan fingerprint density at radius 1 is 1.28 bits per heavy atom. The Morgan fingerprint density at radius 2 is 1.94 bits per heavy atom. The van der Waals surface area contributed by atoms with E-state index in [1.807, 2.05) is 0 Å². The predicted octanol–water partition coefficient (Wildman–Crippen LogP) is 3.37. The number of hydrogen-bond donors (Lipinski definition) is 1. The van der Waals surface area contributed by atoms with Gasteiger partial charge in [0.25, 0.3) is 0 Å². The third-order valence-corrected chi connectivity index (χ3v) is 3.51. The summed E-state index contributed by atoms with van der Waals surface area (Å²) in [6, 6.07) is 0. The molecule has 1 aliphatic rings. The summed E-state index contributed by atoms with van der Waals surface area (Å²) in [6.07, 6.45) is -0.0829. The highest BCUT2D eigenvalue weighted by molar-refractivity contribution is 4.89. The van der Waals surface area contributed by atoms with Gasteiger partial charge >= 0.3 is 6.18 Å². The van der Waals surface area contributed by atoms with Gasteiger partial charge in [-0.15, -0.1) is 0 Å². The molecule has 0 atom stereocenters. The van der Waals surface area contributed by atoms with Crippen LogP contribution in [0.25, 0.3) is 0 Å². The fourth-order valence-corrected chi connectivity index (χ4v) is 2.29. The van der Waals surface area contributed by atoms with Crippen molar-refractivity contribution in [2.24, 2.45) is 11.3 Å². The molecule has 0 aliphatic heterocycles. The molecule has 1 fully saturated rings. The summed E-state index contributed by atoms with van der Waals surface area (Å²) in [5.41, 5.74) is 0.181. The van der Waals surface area contributed by atoms with E-state index in [-0.39, 0.29) is 12.0 Å². The van der Waals surface area contributed by atoms with E-state index in [0.717, 1.165) is 32.4 Å². The summed E-state index contributed by atoms with van der Waals surface area (Å²) in [7, 11) is 0. The van der Waals surface area contributed by atoms with Crippen molar-refractivity contribution >= 4 is 0 Å². The van der Waals surface area contributed by atoms with Gasteiger partial charge in [-0.3, -0.25) is 0 Å². The Bertz CT molecular complexity index is 237. The Hall–Kier alpha value is -0.290. The van der Waals surface area contributed by atoms with E-state index in [1.165, 1.54) is 6.42 Å². The molecule has 0 saturated heterocycles. The van der Waals surface area contributed by atoms with Crippen LogP contribution in [-0.2, 0) is 4.74 Å². The highest BCUT2D eigenvalue weighted by Gasteiger charge is 2.36. The van der Waals surface area contributed by atoms with Gasteiger partial charge in [0.05, 0.1) is 0 Å². The third-order valence-electron chi connectivity index (χ3n) is 3.51. The molecule has 18 heavy (non-hydrogen) atoms. The van der Waals surface area contributed by atoms with Gasteiger partial charge in [-0.25, -0.2) is 0 Å². The molecule has 1 rings (SSSR count). The minimum atomic E-state index is -4.21. The summed E-state index contributed by atoms with van der Waals surface area (Å²) in [5, 5.41) is 3.41. The van der Waals surface area contributed by atoms with Gasteiger partial charge in [0.1, 0.15) is 6.61 Å². The van der Waals surface area contributed by atoms with Crippen LogP contribution in [0, 0.1) is 11.3 Å². The van der Waals surface area contributed by atoms with Gasteiger partial charge in [-0.05, 0) is 37.1 Å². The zero-order valence-electron chi connectivity index (χ0n) is 11.3. The Morgan fingerprint density at radius 3 is 2.39 bits per heavy atom. The lowest BCUT2D eigenvalue weighted by atomic mass is 9.66. The summed E-state index contributed by atoms with van der Waals surface area (Å²) in [5.74, 6) is 0.601. The normalized spacial score (nSPS) is 19.0. The van der Waals surface area contributed by atoms with Crippen LogP contribution in [0.4, 0.5) is 13.2 Å². The monoisotopic (exact) mass is 267 g/mol. The largest absolute Gasteiger partial charge is 0.411 e. The van der Waals surface area contributed by atoms with E-state index < -0.39 is 12.8 Å². The van der Waals surface area contributed by atoms with E-state index in [2.05, 4.69) is 19.2 Å². The molecule has 0 aromatic carbocycles. The van der Waals surface area contributed by atoms with E-state index in [9.17, 15) is 13.2 Å². The lowest BCUT2D eigenvalue weighted by Crippen LogP contribution is -2.42. The fraction of sp³-hybridized carbons (Fsp3) is 1.00. The molecule has 0 amide bonds. The Labute approximate surface area is 107 Å². The smallest absolute Gasteiger partial charge is 0.372 e. The highest BCUT2D eigenvalue weighted by Crippen LogP contribution is 2.43. The summed E-state index contributed by atoms with van der Waals surface area (Å²) in [4.78, 5) is 0. The highest BCUT2D eigenvalue weighted by atomic mass is 19.4. The van der Waals surface area contributed by atoms with Crippen molar-refractivity contribution in [3.05, 3.63) is 0 Å². The predicted molar refractivity (Wildman–Crippen MR) is 65.5 cm³/mol. The first kappa shape index (κ1) is 15.8. The van der Waals surface area contributed by atoms with Crippen molar-refractivity contribution in [3.8, 4) is 0 Å². The zero-order valence-corrected chi connectivity index (χ0v) is 11.3. The SMILES string of the molecule is CC(C)CNCC1(CCOCC(F)(F)F)CCC1. The minimum Gasteiger partial charge on any atom is -0.372 e. The van der Waals surface area contributed by atoms with Crippen LogP contribution in [0.3, 0.4) is 0 Å². The molecule has 0 bridgehead atoms. The first-order chi connectivity index (χ1) is 8.33. The second kappa shape index (κ2) is 6.75. The Balaban J connectivity index is 2.16. The molecule has 0 aromatic heterocycles. The molecule has 0 radical (unpaired) electrons. The second-order valence-corrected chi connectivity index (χ2v) is 5.80. The van der Waals surface area contributed by atoms with Crippen LogP contribution in [0.2, 0.25) is 0 Å². The molecule has 1 saturated carbocycles. The van der Waals surface area contributed by atoms with Gasteiger partial charge in [0, 0.05) is 13.2 Å². The number of rotatable bonds is 8. The van der Waals surface area contributed by atoms with Gasteiger partial charge in [-0.1, -0.05) is 20.3 Å². The third kappa shape index (κ3) is 6.05. The topological polar surface area (TPSA) is 21.3 Å². The van der Waals surface area contributed by atoms with E-state index >= 15 is 0 Å². The standard InChI is InChI=1S/C13H24F3NO/c1-11(2)8-17-9-12(4-3-5-12)6-7-18-10-13(14,15)16/h11,17H,3-10H2,1-2H3. The zero-order chi connectivity index (χ0) is 13.6. The van der Waals surface area contributed by atoms with Crippen LogP contribution < -0.4 is 5.32 Å². The lowest BCUT2D eigenvalue weighted by Gasteiger charge is -2.42. The molecule has 0 spiro atoms. The van der Waals surface area contributed by atoms with Crippen LogP contribution in [-0.4, -0.2) is 32.5 Å². The van der Waals surface area contributed by atoms with Crippen LogP contribution >= 0.6 is 0 Å². The molecular formula is C13H24F3NO. The molecule has 5 heteroatoms. The van der Waals surface area contributed by atoms with Crippen molar-refractivity contribution in [3.63, 3.8) is 0 Å². The molecule has 2 nitrogen and oxygen atoms in total. The van der Waals surface area contributed by atoms with E-state index in [4.69, 9.17) is 4.74 Å². The first-order valence-corrected chi connectivity index (χ1v) is 6.68. The van der Waals surface area contributed by atoms with Crippen molar-refractivity contribution in [2.75, 3.05) is 26.3 Å². The average Bonchev–Trinajstić information content (AvgIpc) is 2.17. The summed E-state index contributed by atoms with van der Waals surface area (Å²) in [6.45, 7) is 5.25. The summed E-state index contributed by atoms with van der Waals surface area (Å²) < 4.78 is 40.5. The number of alkyl halides is 3. The number of ether oxygens (including phenoxy) is 1. The molecule has 0 heterocycles. The lowest BCUT2D eigenvalue weighted by molar-refractivity contribution is -0.176. The van der Waals surface area contributed by atoms with E-state index in [0.29, 0.717) is 5.92 Å². The van der Waals surface area contributed by atoms with Crippen LogP contribution in [0.5, 0.6) is 0 Å². The van der Waals surface area contributed by atoms with Gasteiger partial charge in [0.15, 0.2) is 0 Å². The maximum Gasteiger partial charge on any atom is 0.411 e. The van der Waals surface area contributed by atoms with E-state index in [1.54, 1.807) is 0 Å². The molecule has 0 aromatic rings. The molecule has 0 unspecified atom stereocenters. The van der Waals surface area contributed by atoms with Gasteiger partial charge < -0.3 is 10.1 Å². The Kier molecular flexibility index (Phi) is 5.92. The van der Waals surface area contributed by atoms with Crippen molar-refractivity contribution < 1.29 is 17.9 Å². The van der Waals surface area contributed by atoms with Crippen molar-refractivity contribution in [1.29, 1.82) is 0 Å². The van der Waals surface area contributed by atoms with Crippen LogP contribution in [0.1, 0.15) is 39.5 Å². The van der Waals surface area contributed by atoms with Crippen molar-refractivity contribution in [2.45, 2.75) is 45.7 Å². The summed E-state index contributed by atoms with van der Waals surface area (Å²) >= 11 is 0. The number of halogens is 3. The molecular weight excluding hydrogens is 243 g/mol. The molecule has 1 N–H and O–H groups in total. The number of hydrogen-bond acceptors (Lipinski definition) is 2. The quantitative estimate of drug-likeness (QED) is 0.681. The molecule has 108 valence electrons. The average molecular weight is 267 g/mol. The van der Waals surface area contributed by atoms with Gasteiger partial charge in [-0.2, -0.15) is 13.2 Å². The maximum atomic E-state index is 11.9. The maximum absolute atomic E-state index is 11.9. The second-order valence-electron chi connectivity index (χ2n) is 5.80. The van der Waals surface area contributed by atoms with Gasteiger partial charge in [0.2, 0.25) is 0 Å². The first-order valence-electron chi connectivity index (χ1n) is 6.68.